The number of benzene rings is 2. The Hall–Kier alpha value is -2.15. The summed E-state index contributed by atoms with van der Waals surface area (Å²) < 4.78 is 0. The van der Waals surface area contributed by atoms with Gasteiger partial charge in [-0.3, -0.25) is 4.99 Å². The maximum atomic E-state index is 4.65. The van der Waals surface area contributed by atoms with Gasteiger partial charge in [-0.15, -0.1) is 0 Å². The summed E-state index contributed by atoms with van der Waals surface area (Å²) in [7, 11) is 0. The molecule has 0 saturated carbocycles. The van der Waals surface area contributed by atoms with Crippen LogP contribution in [0.15, 0.2) is 66.2 Å². The van der Waals surface area contributed by atoms with Gasteiger partial charge >= 0.3 is 0 Å². The molecule has 0 N–H and O–H groups in total. The van der Waals surface area contributed by atoms with E-state index in [9.17, 15) is 0 Å². The number of hydrogen-bond acceptors (Lipinski definition) is 1. The van der Waals surface area contributed by atoms with Crippen LogP contribution in [0.5, 0.6) is 0 Å². The van der Waals surface area contributed by atoms with Crippen molar-refractivity contribution in [2.24, 2.45) is 4.99 Å². The van der Waals surface area contributed by atoms with E-state index in [1.165, 1.54) is 0 Å². The van der Waals surface area contributed by atoms with E-state index in [4.69, 9.17) is 0 Å². The summed E-state index contributed by atoms with van der Waals surface area (Å²) in [6.45, 7) is 5.83. The second-order valence-electron chi connectivity index (χ2n) is 3.83. The molecular formula is C16H15N. The molecule has 0 aliphatic heterocycles. The summed E-state index contributed by atoms with van der Waals surface area (Å²) in [4.78, 5) is 4.65. The third-order valence-electron chi connectivity index (χ3n) is 2.64. The first-order valence-electron chi connectivity index (χ1n) is 5.63. The van der Waals surface area contributed by atoms with E-state index < -0.39 is 0 Å². The van der Waals surface area contributed by atoms with E-state index in [2.05, 4.69) is 23.7 Å². The molecule has 0 heterocycles. The van der Waals surface area contributed by atoms with Crippen LogP contribution in [-0.2, 0) is 0 Å². The monoisotopic (exact) mass is 221 g/mol. The van der Waals surface area contributed by atoms with Gasteiger partial charge in [0, 0.05) is 5.71 Å². The first kappa shape index (κ1) is 11.3. The molecule has 0 spiro atoms. The summed E-state index contributed by atoms with van der Waals surface area (Å²) in [5, 5.41) is 0. The largest absolute Gasteiger partial charge is 0.253 e. The molecule has 0 unspecified atom stereocenters. The molecule has 0 aliphatic carbocycles. The van der Waals surface area contributed by atoms with Crippen molar-refractivity contribution in [1.29, 1.82) is 0 Å². The molecule has 0 amide bonds. The van der Waals surface area contributed by atoms with Crippen molar-refractivity contribution in [1.82, 2.24) is 0 Å². The average Bonchev–Trinajstić information content (AvgIpc) is 2.40. The molecule has 17 heavy (non-hydrogen) atoms. The molecule has 2 aromatic rings. The van der Waals surface area contributed by atoms with Crippen molar-refractivity contribution < 1.29 is 0 Å². The fourth-order valence-electron chi connectivity index (χ4n) is 1.69. The number of hydrogen-bond donors (Lipinski definition) is 0. The highest BCUT2D eigenvalue weighted by molar-refractivity contribution is 6.00. The van der Waals surface area contributed by atoms with Gasteiger partial charge in [0.1, 0.15) is 0 Å². The minimum atomic E-state index is 0.962. The first-order chi connectivity index (χ1) is 8.31. The number of aliphatic imine (C=N–C) groups is 1. The Bertz CT molecular complexity index is 538. The number of nitrogens with zero attached hydrogens (tertiary/aromatic N) is 1. The summed E-state index contributed by atoms with van der Waals surface area (Å²) >= 11 is 0. The second kappa shape index (κ2) is 5.26. The van der Waals surface area contributed by atoms with Gasteiger partial charge in [0.2, 0.25) is 0 Å². The van der Waals surface area contributed by atoms with Crippen LogP contribution in [0, 0.1) is 0 Å². The molecule has 0 bridgehead atoms. The van der Waals surface area contributed by atoms with Crippen LogP contribution in [0.1, 0.15) is 18.1 Å². The van der Waals surface area contributed by atoms with E-state index in [0.717, 1.165) is 22.5 Å². The summed E-state index contributed by atoms with van der Waals surface area (Å²) in [5.41, 5.74) is 4.18. The number of para-hydroxylation sites is 1. The van der Waals surface area contributed by atoms with Gasteiger partial charge in [0.25, 0.3) is 0 Å². The zero-order valence-corrected chi connectivity index (χ0v) is 9.93. The van der Waals surface area contributed by atoms with E-state index in [0.29, 0.717) is 0 Å². The van der Waals surface area contributed by atoms with Crippen molar-refractivity contribution in [3.05, 3.63) is 72.3 Å². The fraction of sp³-hybridized carbons (Fsp3) is 0.0625. The van der Waals surface area contributed by atoms with Crippen molar-refractivity contribution in [3.8, 4) is 0 Å². The van der Waals surface area contributed by atoms with Gasteiger partial charge in [-0.1, -0.05) is 61.2 Å². The second-order valence-corrected chi connectivity index (χ2v) is 3.83. The van der Waals surface area contributed by atoms with Gasteiger partial charge in [0.05, 0.1) is 5.69 Å². The zero-order chi connectivity index (χ0) is 12.1. The Kier molecular flexibility index (Phi) is 3.51. The Morgan fingerprint density at radius 3 is 2.35 bits per heavy atom. The molecule has 0 aliphatic rings. The molecule has 84 valence electrons. The lowest BCUT2D eigenvalue weighted by molar-refractivity contribution is 1.46. The lowest BCUT2D eigenvalue weighted by atomic mass is 10.1. The Balaban J connectivity index is 2.39. The van der Waals surface area contributed by atoms with E-state index in [1.54, 1.807) is 0 Å². The molecule has 2 aromatic carbocycles. The predicted octanol–water partition coefficient (Wildman–Crippen LogP) is 4.47. The molecule has 1 heteroatoms. The smallest absolute Gasteiger partial charge is 0.0705 e. The van der Waals surface area contributed by atoms with Gasteiger partial charge < -0.3 is 0 Å². The quantitative estimate of drug-likeness (QED) is 0.678. The van der Waals surface area contributed by atoms with E-state index in [1.807, 2.05) is 55.5 Å². The molecule has 0 radical (unpaired) electrons. The molecule has 0 aromatic heterocycles. The van der Waals surface area contributed by atoms with Crippen molar-refractivity contribution in [2.75, 3.05) is 0 Å². The SMILES string of the molecule is C=Cc1ccccc1N=C(C)c1ccccc1. The normalized spacial score (nSPS) is 11.2. The van der Waals surface area contributed by atoms with Crippen LogP contribution in [0.4, 0.5) is 5.69 Å². The molecule has 0 atom stereocenters. The average molecular weight is 221 g/mol. The topological polar surface area (TPSA) is 12.4 Å². The van der Waals surface area contributed by atoms with Gasteiger partial charge in [0.15, 0.2) is 0 Å². The fourth-order valence-corrected chi connectivity index (χ4v) is 1.69. The minimum absolute atomic E-state index is 0.962. The Morgan fingerprint density at radius 1 is 1.00 bits per heavy atom. The summed E-state index contributed by atoms with van der Waals surface area (Å²) in [6.07, 6.45) is 1.83. The van der Waals surface area contributed by atoms with Crippen LogP contribution in [0.25, 0.3) is 6.08 Å². The molecule has 2 rings (SSSR count). The number of rotatable bonds is 3. The Labute approximate surface area is 102 Å². The predicted molar refractivity (Wildman–Crippen MR) is 74.8 cm³/mol. The first-order valence-corrected chi connectivity index (χ1v) is 5.63. The highest BCUT2D eigenvalue weighted by atomic mass is 14.7. The lowest BCUT2D eigenvalue weighted by Crippen LogP contribution is -1.93. The molecule has 1 nitrogen and oxygen atoms in total. The zero-order valence-electron chi connectivity index (χ0n) is 9.93. The third-order valence-corrected chi connectivity index (χ3v) is 2.64. The van der Waals surface area contributed by atoms with Gasteiger partial charge in [-0.25, -0.2) is 0 Å². The summed E-state index contributed by atoms with van der Waals surface area (Å²) in [5.74, 6) is 0. The van der Waals surface area contributed by atoms with Gasteiger partial charge in [-0.2, -0.15) is 0 Å². The lowest BCUT2D eigenvalue weighted by Gasteiger charge is -2.03. The minimum Gasteiger partial charge on any atom is -0.253 e. The van der Waals surface area contributed by atoms with Crippen molar-refractivity contribution >= 4 is 17.5 Å². The van der Waals surface area contributed by atoms with Crippen molar-refractivity contribution in [3.63, 3.8) is 0 Å². The third kappa shape index (κ3) is 2.70. The van der Waals surface area contributed by atoms with Crippen LogP contribution < -0.4 is 0 Å². The molecule has 0 fully saturated rings. The highest BCUT2D eigenvalue weighted by Gasteiger charge is 1.99. The van der Waals surface area contributed by atoms with Crippen LogP contribution in [-0.4, -0.2) is 5.71 Å². The van der Waals surface area contributed by atoms with Crippen LogP contribution >= 0.6 is 0 Å². The highest BCUT2D eigenvalue weighted by Crippen LogP contribution is 2.20. The molecular weight excluding hydrogens is 206 g/mol. The van der Waals surface area contributed by atoms with E-state index in [-0.39, 0.29) is 0 Å². The van der Waals surface area contributed by atoms with E-state index >= 15 is 0 Å². The van der Waals surface area contributed by atoms with Gasteiger partial charge in [-0.05, 0) is 24.1 Å². The Morgan fingerprint density at radius 2 is 1.65 bits per heavy atom. The van der Waals surface area contributed by atoms with Crippen LogP contribution in [0.3, 0.4) is 0 Å². The standard InChI is InChI=1S/C16H15N/c1-3-14-9-7-8-12-16(14)17-13(2)15-10-5-4-6-11-15/h3-12H,1H2,2H3. The van der Waals surface area contributed by atoms with Crippen LogP contribution in [0.2, 0.25) is 0 Å². The molecule has 0 saturated heterocycles. The van der Waals surface area contributed by atoms with Crippen molar-refractivity contribution in [2.45, 2.75) is 6.92 Å². The summed E-state index contributed by atoms with van der Waals surface area (Å²) in [6, 6.07) is 18.2. The maximum absolute atomic E-state index is 4.65. The maximum Gasteiger partial charge on any atom is 0.0705 e.